The molecule has 8 nitrogen and oxygen atoms in total. The second kappa shape index (κ2) is 6.01. The van der Waals surface area contributed by atoms with Gasteiger partial charge < -0.3 is 9.51 Å². The van der Waals surface area contributed by atoms with Crippen LogP contribution >= 0.6 is 11.6 Å². The third-order valence-electron chi connectivity index (χ3n) is 3.07. The highest BCUT2D eigenvalue weighted by molar-refractivity contribution is 6.32. The number of hydrogen-bond acceptors (Lipinski definition) is 6. The van der Waals surface area contributed by atoms with Crippen LogP contribution in [0, 0.1) is 10.1 Å². The summed E-state index contributed by atoms with van der Waals surface area (Å²) < 4.78 is 5.13. The van der Waals surface area contributed by atoms with Gasteiger partial charge in [-0.15, -0.1) is 0 Å². The van der Waals surface area contributed by atoms with Gasteiger partial charge in [-0.25, -0.2) is 0 Å². The Kier molecular flexibility index (Phi) is 3.90. The van der Waals surface area contributed by atoms with Crippen molar-refractivity contribution in [2.45, 2.75) is 6.42 Å². The highest BCUT2D eigenvalue weighted by atomic mass is 35.5. The predicted molar refractivity (Wildman–Crippen MR) is 81.3 cm³/mol. The van der Waals surface area contributed by atoms with Crippen LogP contribution in [0.4, 0.5) is 5.69 Å². The molecule has 116 valence electrons. The molecule has 0 aliphatic rings. The highest BCUT2D eigenvalue weighted by Crippen LogP contribution is 2.26. The van der Waals surface area contributed by atoms with E-state index in [0.29, 0.717) is 22.8 Å². The Morgan fingerprint density at radius 2 is 2.13 bits per heavy atom. The molecule has 0 spiro atoms. The van der Waals surface area contributed by atoms with Gasteiger partial charge in [-0.1, -0.05) is 22.8 Å². The summed E-state index contributed by atoms with van der Waals surface area (Å²) in [6.07, 6.45) is 1.71. The van der Waals surface area contributed by atoms with Crippen molar-refractivity contribution >= 4 is 17.3 Å². The maximum absolute atomic E-state index is 11.0. The Balaban J connectivity index is 1.84. The van der Waals surface area contributed by atoms with Crippen LogP contribution in [0.1, 0.15) is 11.5 Å². The second-order valence-corrected chi connectivity index (χ2v) is 5.08. The molecule has 9 heteroatoms. The quantitative estimate of drug-likeness (QED) is 0.580. The van der Waals surface area contributed by atoms with E-state index in [4.69, 9.17) is 16.1 Å². The van der Waals surface area contributed by atoms with Gasteiger partial charge in [0.1, 0.15) is 5.02 Å². The van der Waals surface area contributed by atoms with Crippen LogP contribution in [0.25, 0.3) is 11.4 Å². The summed E-state index contributed by atoms with van der Waals surface area (Å²) in [6.45, 7) is 0. The third-order valence-corrected chi connectivity index (χ3v) is 3.39. The maximum atomic E-state index is 11.0. The number of benzene rings is 1. The molecular formula is C14H9ClN4O4. The lowest BCUT2D eigenvalue weighted by atomic mass is 10.1. The Morgan fingerprint density at radius 1 is 1.30 bits per heavy atom. The zero-order valence-corrected chi connectivity index (χ0v) is 12.3. The highest BCUT2D eigenvalue weighted by Gasteiger charge is 2.15. The number of H-pyrrole nitrogens is 1. The first-order valence-electron chi connectivity index (χ1n) is 6.47. The Hall–Kier alpha value is -3.00. The van der Waals surface area contributed by atoms with Crippen molar-refractivity contribution in [1.29, 1.82) is 0 Å². The fourth-order valence-corrected chi connectivity index (χ4v) is 2.16. The molecule has 3 aromatic rings. The molecular weight excluding hydrogens is 324 g/mol. The molecule has 0 atom stereocenters. The summed E-state index contributed by atoms with van der Waals surface area (Å²) >= 11 is 5.77. The standard InChI is InChI=1S/C14H9ClN4O4/c15-10-3-1-8(5-11(10)19(21)22)6-13-17-14(18-23-13)9-2-4-12(20)16-7-9/h1-5,7H,6H2,(H,16,20). The molecule has 0 aliphatic heterocycles. The number of nitro groups is 1. The summed E-state index contributed by atoms with van der Waals surface area (Å²) in [5.41, 5.74) is 0.815. The summed E-state index contributed by atoms with van der Waals surface area (Å²) in [5.74, 6) is 0.613. The molecule has 1 aromatic carbocycles. The Bertz CT molecular complexity index is 914. The van der Waals surface area contributed by atoms with Crippen molar-refractivity contribution in [3.8, 4) is 11.4 Å². The average Bonchev–Trinajstić information content (AvgIpc) is 2.98. The molecule has 23 heavy (non-hydrogen) atoms. The lowest BCUT2D eigenvalue weighted by molar-refractivity contribution is -0.384. The Morgan fingerprint density at radius 3 is 2.83 bits per heavy atom. The van der Waals surface area contributed by atoms with Crippen molar-refractivity contribution in [1.82, 2.24) is 15.1 Å². The number of halogens is 1. The van der Waals surface area contributed by atoms with E-state index in [0.717, 1.165) is 0 Å². The lowest BCUT2D eigenvalue weighted by Gasteiger charge is -1.99. The molecule has 0 unspecified atom stereocenters. The number of nitro benzene ring substituents is 1. The van der Waals surface area contributed by atoms with Crippen LogP contribution in [0.15, 0.2) is 45.8 Å². The molecule has 2 aromatic heterocycles. The summed E-state index contributed by atoms with van der Waals surface area (Å²) in [5, 5.41) is 14.8. The van der Waals surface area contributed by atoms with Gasteiger partial charge in [0, 0.05) is 23.9 Å². The van der Waals surface area contributed by atoms with Crippen molar-refractivity contribution < 1.29 is 9.45 Å². The van der Waals surface area contributed by atoms with Crippen molar-refractivity contribution in [2.24, 2.45) is 0 Å². The molecule has 0 fully saturated rings. The summed E-state index contributed by atoms with van der Waals surface area (Å²) in [6, 6.07) is 7.40. The zero-order valence-electron chi connectivity index (χ0n) is 11.5. The van der Waals surface area contributed by atoms with Crippen LogP contribution in [-0.4, -0.2) is 20.0 Å². The zero-order chi connectivity index (χ0) is 16.4. The van der Waals surface area contributed by atoms with E-state index in [1.54, 1.807) is 12.1 Å². The molecule has 0 saturated heterocycles. The average molecular weight is 333 g/mol. The molecule has 2 heterocycles. The van der Waals surface area contributed by atoms with Crippen molar-refractivity contribution in [3.63, 3.8) is 0 Å². The van der Waals surface area contributed by atoms with E-state index >= 15 is 0 Å². The SMILES string of the molecule is O=c1ccc(-c2noc(Cc3ccc(Cl)c([N+](=O)[O-])c3)n2)c[nH]1. The minimum Gasteiger partial charge on any atom is -0.339 e. The fourth-order valence-electron chi connectivity index (χ4n) is 1.98. The number of nitrogens with zero attached hydrogens (tertiary/aromatic N) is 3. The fraction of sp³-hybridized carbons (Fsp3) is 0.0714. The minimum absolute atomic E-state index is 0.0678. The van der Waals surface area contributed by atoms with Gasteiger partial charge in [-0.05, 0) is 17.7 Å². The monoisotopic (exact) mass is 332 g/mol. The summed E-state index contributed by atoms with van der Waals surface area (Å²) in [4.78, 5) is 28.1. The smallest absolute Gasteiger partial charge is 0.288 e. The number of nitrogens with one attached hydrogen (secondary N) is 1. The van der Waals surface area contributed by atoms with E-state index in [1.165, 1.54) is 24.4 Å². The maximum Gasteiger partial charge on any atom is 0.288 e. The van der Waals surface area contributed by atoms with E-state index in [2.05, 4.69) is 15.1 Å². The predicted octanol–water partition coefficient (Wildman–Crippen LogP) is 2.58. The first-order chi connectivity index (χ1) is 11.0. The van der Waals surface area contributed by atoms with Crippen LogP contribution in [0.5, 0.6) is 0 Å². The van der Waals surface area contributed by atoms with Gasteiger partial charge in [-0.2, -0.15) is 4.98 Å². The van der Waals surface area contributed by atoms with Gasteiger partial charge in [0.15, 0.2) is 0 Å². The molecule has 0 saturated carbocycles. The number of aromatic amines is 1. The van der Waals surface area contributed by atoms with Gasteiger partial charge >= 0.3 is 0 Å². The van der Waals surface area contributed by atoms with Gasteiger partial charge in [0.05, 0.1) is 11.3 Å². The van der Waals surface area contributed by atoms with E-state index in [-0.39, 0.29) is 22.7 Å². The summed E-state index contributed by atoms with van der Waals surface area (Å²) in [7, 11) is 0. The first kappa shape index (κ1) is 14.9. The number of aromatic nitrogens is 3. The van der Waals surface area contributed by atoms with E-state index in [9.17, 15) is 14.9 Å². The number of pyridine rings is 1. The van der Waals surface area contributed by atoms with E-state index in [1.807, 2.05) is 0 Å². The number of rotatable bonds is 4. The van der Waals surface area contributed by atoms with E-state index < -0.39 is 4.92 Å². The second-order valence-electron chi connectivity index (χ2n) is 4.67. The molecule has 0 bridgehead atoms. The lowest BCUT2D eigenvalue weighted by Crippen LogP contribution is -2.01. The molecule has 1 N–H and O–H groups in total. The van der Waals surface area contributed by atoms with Crippen molar-refractivity contribution in [2.75, 3.05) is 0 Å². The normalized spacial score (nSPS) is 10.7. The van der Waals surface area contributed by atoms with Gasteiger partial charge in [0.2, 0.25) is 17.3 Å². The van der Waals surface area contributed by atoms with Crippen LogP contribution in [-0.2, 0) is 6.42 Å². The van der Waals surface area contributed by atoms with Crippen molar-refractivity contribution in [3.05, 3.63) is 73.5 Å². The first-order valence-corrected chi connectivity index (χ1v) is 6.85. The van der Waals surface area contributed by atoms with Crippen LogP contribution in [0.2, 0.25) is 5.02 Å². The minimum atomic E-state index is -0.550. The van der Waals surface area contributed by atoms with Gasteiger partial charge in [-0.3, -0.25) is 14.9 Å². The van der Waals surface area contributed by atoms with Crippen LogP contribution in [0.3, 0.4) is 0 Å². The molecule has 0 radical (unpaired) electrons. The third kappa shape index (κ3) is 3.27. The topological polar surface area (TPSA) is 115 Å². The molecule has 3 rings (SSSR count). The van der Waals surface area contributed by atoms with Gasteiger partial charge in [0.25, 0.3) is 5.69 Å². The number of hydrogen-bond donors (Lipinski definition) is 1. The van der Waals surface area contributed by atoms with Crippen LogP contribution < -0.4 is 5.56 Å². The molecule has 0 amide bonds. The largest absolute Gasteiger partial charge is 0.339 e. The Labute approximate surface area is 133 Å². The molecule has 0 aliphatic carbocycles.